The Morgan fingerprint density at radius 1 is 1.08 bits per heavy atom. The van der Waals surface area contributed by atoms with Crippen LogP contribution in [0, 0.1) is 5.82 Å². The van der Waals surface area contributed by atoms with Crippen LogP contribution in [-0.2, 0) is 10.0 Å². The van der Waals surface area contributed by atoms with Gasteiger partial charge in [0, 0.05) is 19.8 Å². The fourth-order valence-electron chi connectivity index (χ4n) is 1.82. The predicted molar refractivity (Wildman–Crippen MR) is 91.7 cm³/mol. The van der Waals surface area contributed by atoms with Crippen LogP contribution in [0.1, 0.15) is 10.4 Å². The lowest BCUT2D eigenvalue weighted by Gasteiger charge is -2.13. The topological polar surface area (TPSA) is 66.5 Å². The molecule has 0 atom stereocenters. The summed E-state index contributed by atoms with van der Waals surface area (Å²) in [6.45, 7) is 0. The summed E-state index contributed by atoms with van der Waals surface area (Å²) in [5.41, 5.74) is 0.225. The maximum absolute atomic E-state index is 13.1. The van der Waals surface area contributed by atoms with Gasteiger partial charge in [0.25, 0.3) is 5.91 Å². The summed E-state index contributed by atoms with van der Waals surface area (Å²) in [4.78, 5) is 12.3. The molecule has 1 N–H and O–H groups in total. The van der Waals surface area contributed by atoms with E-state index < -0.39 is 21.7 Å². The summed E-state index contributed by atoms with van der Waals surface area (Å²) in [6, 6.07) is 7.48. The molecule has 1 amide bonds. The number of hydrogen-bond donors (Lipinski definition) is 1. The second-order valence-corrected chi connectivity index (χ2v) is 7.98. The molecule has 0 spiro atoms. The third-order valence-corrected chi connectivity index (χ3v) is 5.57. The van der Waals surface area contributed by atoms with E-state index in [2.05, 4.69) is 5.32 Å². The zero-order valence-corrected chi connectivity index (χ0v) is 15.0. The van der Waals surface area contributed by atoms with Gasteiger partial charge in [-0.25, -0.2) is 17.1 Å². The molecule has 2 aromatic rings. The molecule has 0 saturated heterocycles. The van der Waals surface area contributed by atoms with Crippen molar-refractivity contribution in [3.63, 3.8) is 0 Å². The number of benzene rings is 2. The van der Waals surface area contributed by atoms with Crippen molar-refractivity contribution in [2.75, 3.05) is 19.4 Å². The minimum Gasteiger partial charge on any atom is -0.322 e. The van der Waals surface area contributed by atoms with E-state index in [9.17, 15) is 17.6 Å². The Labute approximate surface area is 149 Å². The number of hydrogen-bond acceptors (Lipinski definition) is 3. The van der Waals surface area contributed by atoms with Crippen molar-refractivity contribution in [1.29, 1.82) is 0 Å². The van der Waals surface area contributed by atoms with Gasteiger partial charge in [0.1, 0.15) is 5.82 Å². The molecule has 2 rings (SSSR count). The maximum atomic E-state index is 13.1. The standard InChI is InChI=1S/C15H13Cl2FN2O3S/c1-20(2)24(22,23)10-4-5-12(16)11(8-10)15(21)19-9-3-6-14(18)13(17)7-9/h3-8H,1-2H3,(H,19,21). The van der Waals surface area contributed by atoms with Crippen LogP contribution < -0.4 is 5.32 Å². The Kier molecular flexibility index (Phi) is 5.49. The van der Waals surface area contributed by atoms with Gasteiger partial charge in [0.2, 0.25) is 10.0 Å². The van der Waals surface area contributed by atoms with E-state index in [1.165, 1.54) is 44.4 Å². The highest BCUT2D eigenvalue weighted by Gasteiger charge is 2.21. The van der Waals surface area contributed by atoms with Crippen molar-refractivity contribution in [2.45, 2.75) is 4.90 Å². The number of carbonyl (C=O) groups is 1. The molecule has 0 unspecified atom stereocenters. The van der Waals surface area contributed by atoms with Crippen LogP contribution in [0.15, 0.2) is 41.3 Å². The first-order chi connectivity index (χ1) is 11.1. The third kappa shape index (κ3) is 3.87. The minimum atomic E-state index is -3.71. The van der Waals surface area contributed by atoms with Gasteiger partial charge in [0.15, 0.2) is 0 Å². The summed E-state index contributed by atoms with van der Waals surface area (Å²) >= 11 is 11.6. The van der Waals surface area contributed by atoms with Crippen LogP contribution in [-0.4, -0.2) is 32.7 Å². The van der Waals surface area contributed by atoms with Gasteiger partial charge in [0.05, 0.1) is 20.5 Å². The SMILES string of the molecule is CN(C)S(=O)(=O)c1ccc(Cl)c(C(=O)Nc2ccc(F)c(Cl)c2)c1. The molecular formula is C15H13Cl2FN2O3S. The summed E-state index contributed by atoms with van der Waals surface area (Å²) in [5.74, 6) is -1.26. The number of anilines is 1. The van der Waals surface area contributed by atoms with Crippen molar-refractivity contribution < 1.29 is 17.6 Å². The molecular weight excluding hydrogens is 378 g/mol. The van der Waals surface area contributed by atoms with Gasteiger partial charge in [-0.3, -0.25) is 4.79 Å². The van der Waals surface area contributed by atoms with E-state index in [0.29, 0.717) is 0 Å². The number of nitrogens with one attached hydrogen (secondary N) is 1. The Morgan fingerprint density at radius 3 is 2.33 bits per heavy atom. The van der Waals surface area contributed by atoms with Crippen LogP contribution in [0.4, 0.5) is 10.1 Å². The fourth-order valence-corrected chi connectivity index (χ4v) is 3.13. The Bertz CT molecular complexity index is 902. The fraction of sp³-hybridized carbons (Fsp3) is 0.133. The molecule has 24 heavy (non-hydrogen) atoms. The molecule has 9 heteroatoms. The monoisotopic (exact) mass is 390 g/mol. The Balaban J connectivity index is 2.37. The average molecular weight is 391 g/mol. The normalized spacial score (nSPS) is 11.6. The van der Waals surface area contributed by atoms with Gasteiger partial charge in [-0.15, -0.1) is 0 Å². The maximum Gasteiger partial charge on any atom is 0.257 e. The molecule has 0 heterocycles. The second-order valence-electron chi connectivity index (χ2n) is 5.01. The first kappa shape index (κ1) is 18.7. The van der Waals surface area contributed by atoms with Crippen molar-refractivity contribution >= 4 is 44.8 Å². The number of nitrogens with zero attached hydrogens (tertiary/aromatic N) is 1. The number of halogens is 3. The Hall–Kier alpha value is -1.67. The Morgan fingerprint density at radius 2 is 1.75 bits per heavy atom. The minimum absolute atomic E-state index is 0.0277. The largest absolute Gasteiger partial charge is 0.322 e. The van der Waals surface area contributed by atoms with Gasteiger partial charge < -0.3 is 5.32 Å². The van der Waals surface area contributed by atoms with Gasteiger partial charge in [-0.05, 0) is 36.4 Å². The molecule has 0 aliphatic heterocycles. The summed E-state index contributed by atoms with van der Waals surface area (Å²) in [5, 5.41) is 2.42. The zero-order valence-electron chi connectivity index (χ0n) is 12.7. The van der Waals surface area contributed by atoms with Crippen LogP contribution in [0.25, 0.3) is 0 Å². The number of sulfonamides is 1. The first-order valence-corrected chi connectivity index (χ1v) is 8.81. The number of amides is 1. The number of carbonyl (C=O) groups excluding carboxylic acids is 1. The average Bonchev–Trinajstić information content (AvgIpc) is 2.51. The first-order valence-electron chi connectivity index (χ1n) is 6.61. The van der Waals surface area contributed by atoms with E-state index in [0.717, 1.165) is 10.4 Å². The van der Waals surface area contributed by atoms with Crippen molar-refractivity contribution in [1.82, 2.24) is 4.31 Å². The molecule has 0 aliphatic rings. The molecule has 0 fully saturated rings. The lowest BCUT2D eigenvalue weighted by Crippen LogP contribution is -2.23. The lowest BCUT2D eigenvalue weighted by atomic mass is 10.2. The van der Waals surface area contributed by atoms with E-state index in [1.807, 2.05) is 0 Å². The van der Waals surface area contributed by atoms with Gasteiger partial charge in [-0.1, -0.05) is 23.2 Å². The van der Waals surface area contributed by atoms with Gasteiger partial charge >= 0.3 is 0 Å². The van der Waals surface area contributed by atoms with Crippen LogP contribution in [0.2, 0.25) is 10.0 Å². The third-order valence-electron chi connectivity index (χ3n) is 3.14. The highest BCUT2D eigenvalue weighted by atomic mass is 35.5. The number of rotatable bonds is 4. The second kappa shape index (κ2) is 7.06. The summed E-state index contributed by atoms with van der Waals surface area (Å²) < 4.78 is 38.5. The van der Waals surface area contributed by atoms with Gasteiger partial charge in [-0.2, -0.15) is 0 Å². The van der Waals surface area contributed by atoms with E-state index in [-0.39, 0.29) is 26.2 Å². The molecule has 0 aliphatic carbocycles. The van der Waals surface area contributed by atoms with Crippen molar-refractivity contribution in [2.24, 2.45) is 0 Å². The summed E-state index contributed by atoms with van der Waals surface area (Å²) in [6.07, 6.45) is 0. The molecule has 0 aromatic heterocycles. The molecule has 0 saturated carbocycles. The molecule has 0 bridgehead atoms. The summed E-state index contributed by atoms with van der Waals surface area (Å²) in [7, 11) is -0.953. The lowest BCUT2D eigenvalue weighted by molar-refractivity contribution is 0.102. The van der Waals surface area contributed by atoms with E-state index in [1.54, 1.807) is 0 Å². The molecule has 0 radical (unpaired) electrons. The molecule has 2 aromatic carbocycles. The van der Waals surface area contributed by atoms with E-state index >= 15 is 0 Å². The highest BCUT2D eigenvalue weighted by molar-refractivity contribution is 7.89. The van der Waals surface area contributed by atoms with Crippen molar-refractivity contribution in [3.8, 4) is 0 Å². The predicted octanol–water partition coefficient (Wildman–Crippen LogP) is 3.64. The van der Waals surface area contributed by atoms with Crippen LogP contribution in [0.3, 0.4) is 0 Å². The van der Waals surface area contributed by atoms with E-state index in [4.69, 9.17) is 23.2 Å². The highest BCUT2D eigenvalue weighted by Crippen LogP contribution is 2.24. The zero-order chi connectivity index (χ0) is 18.1. The van der Waals surface area contributed by atoms with Crippen LogP contribution in [0.5, 0.6) is 0 Å². The smallest absolute Gasteiger partial charge is 0.257 e. The van der Waals surface area contributed by atoms with Crippen molar-refractivity contribution in [3.05, 3.63) is 57.8 Å². The quantitative estimate of drug-likeness (QED) is 0.866. The van der Waals surface area contributed by atoms with Crippen LogP contribution >= 0.6 is 23.2 Å². The molecule has 5 nitrogen and oxygen atoms in total. The molecule has 128 valence electrons.